The lowest BCUT2D eigenvalue weighted by molar-refractivity contribution is -0.124. The van der Waals surface area contributed by atoms with Crippen molar-refractivity contribution in [1.29, 1.82) is 0 Å². The smallest absolute Gasteiger partial charge is 0.225 e. The first-order valence-corrected chi connectivity index (χ1v) is 9.20. The van der Waals surface area contributed by atoms with Crippen molar-refractivity contribution in [3.63, 3.8) is 0 Å². The normalized spacial score (nSPS) is 22.9. The van der Waals surface area contributed by atoms with E-state index in [1.165, 1.54) is 6.92 Å². The zero-order valence-electron chi connectivity index (χ0n) is 15.1. The van der Waals surface area contributed by atoms with Crippen molar-refractivity contribution in [2.45, 2.75) is 38.6 Å². The first-order valence-electron chi connectivity index (χ1n) is 9.20. The summed E-state index contributed by atoms with van der Waals surface area (Å²) < 4.78 is 0. The molecule has 2 fully saturated rings. The molecule has 0 unspecified atom stereocenters. The molecule has 1 aromatic rings. The quantitative estimate of drug-likeness (QED) is 0.745. The van der Waals surface area contributed by atoms with E-state index in [2.05, 4.69) is 20.9 Å². The van der Waals surface area contributed by atoms with Gasteiger partial charge in [0, 0.05) is 50.4 Å². The third-order valence-electron chi connectivity index (χ3n) is 4.90. The van der Waals surface area contributed by atoms with Gasteiger partial charge in [0.1, 0.15) is 0 Å². The minimum absolute atomic E-state index is 0.0416. The molecule has 140 valence electrons. The number of carbonyl (C=O) groups excluding carboxylic acids is 3. The second-order valence-electron chi connectivity index (χ2n) is 7.15. The average molecular weight is 358 g/mol. The lowest BCUT2D eigenvalue weighted by Crippen LogP contribution is -2.39. The number of anilines is 2. The maximum absolute atomic E-state index is 12.3. The van der Waals surface area contributed by atoms with Crippen LogP contribution in [-0.4, -0.2) is 48.3 Å². The Labute approximate surface area is 153 Å². The van der Waals surface area contributed by atoms with Crippen molar-refractivity contribution < 1.29 is 14.4 Å². The molecule has 0 saturated carbocycles. The van der Waals surface area contributed by atoms with Gasteiger partial charge in [0.05, 0.1) is 5.92 Å². The summed E-state index contributed by atoms with van der Waals surface area (Å²) in [6, 6.07) is 7.29. The Morgan fingerprint density at radius 3 is 2.73 bits per heavy atom. The maximum Gasteiger partial charge on any atom is 0.225 e. The van der Waals surface area contributed by atoms with Gasteiger partial charge in [-0.1, -0.05) is 12.5 Å². The highest BCUT2D eigenvalue weighted by Gasteiger charge is 2.32. The molecule has 3 N–H and O–H groups in total. The van der Waals surface area contributed by atoms with Crippen LogP contribution in [0.15, 0.2) is 24.3 Å². The number of nitrogens with one attached hydrogen (secondary N) is 3. The van der Waals surface area contributed by atoms with Gasteiger partial charge in [-0.05, 0) is 31.0 Å². The Balaban J connectivity index is 1.51. The molecule has 2 saturated heterocycles. The summed E-state index contributed by atoms with van der Waals surface area (Å²) in [5.41, 5.74) is 1.31. The molecule has 26 heavy (non-hydrogen) atoms. The summed E-state index contributed by atoms with van der Waals surface area (Å²) in [4.78, 5) is 37.7. The van der Waals surface area contributed by atoms with Gasteiger partial charge in [0.2, 0.25) is 17.7 Å². The highest BCUT2D eigenvalue weighted by molar-refractivity contribution is 5.93. The SMILES string of the molecule is CC(=O)Nc1cccc(NC(=O)CCN2C[C@@H]3CCC[C@H](C2)C(=O)N3)c1. The molecule has 2 aliphatic heterocycles. The zero-order chi connectivity index (χ0) is 18.5. The van der Waals surface area contributed by atoms with Crippen LogP contribution in [0, 0.1) is 5.92 Å². The Hall–Kier alpha value is -2.41. The fraction of sp³-hybridized carbons (Fsp3) is 0.526. The monoisotopic (exact) mass is 358 g/mol. The van der Waals surface area contributed by atoms with E-state index in [0.717, 1.165) is 32.4 Å². The molecule has 1 aromatic carbocycles. The fourth-order valence-corrected chi connectivity index (χ4v) is 3.69. The standard InChI is InChI=1S/C19H26N4O3/c1-13(24)20-15-5-3-6-16(10-15)21-18(25)8-9-23-11-14-4-2-7-17(12-23)22-19(14)26/h3,5-6,10,14,17H,2,4,7-9,11-12H2,1H3,(H,20,24)(H,21,25)(H,22,26)/t14-,17+/m1/s1. The predicted molar refractivity (Wildman–Crippen MR) is 99.7 cm³/mol. The lowest BCUT2D eigenvalue weighted by atomic mass is 9.99. The van der Waals surface area contributed by atoms with Crippen molar-refractivity contribution in [2.75, 3.05) is 30.3 Å². The molecule has 3 rings (SSSR count). The van der Waals surface area contributed by atoms with E-state index < -0.39 is 0 Å². The van der Waals surface area contributed by atoms with Crippen LogP contribution >= 0.6 is 0 Å². The Kier molecular flexibility index (Phi) is 5.88. The van der Waals surface area contributed by atoms with Gasteiger partial charge in [-0.2, -0.15) is 0 Å². The number of hydrogen-bond donors (Lipinski definition) is 3. The number of rotatable bonds is 5. The minimum Gasteiger partial charge on any atom is -0.352 e. The number of likely N-dealkylation sites (tertiary alicyclic amines) is 1. The summed E-state index contributed by atoms with van der Waals surface area (Å²) in [6.07, 6.45) is 3.41. The van der Waals surface area contributed by atoms with Gasteiger partial charge < -0.3 is 16.0 Å². The maximum atomic E-state index is 12.3. The molecule has 3 amide bonds. The number of nitrogens with zero attached hydrogens (tertiary/aromatic N) is 1. The van der Waals surface area contributed by atoms with Crippen molar-refractivity contribution in [3.8, 4) is 0 Å². The Morgan fingerprint density at radius 2 is 1.96 bits per heavy atom. The lowest BCUT2D eigenvalue weighted by Gasteiger charge is -2.27. The first-order chi connectivity index (χ1) is 12.5. The van der Waals surface area contributed by atoms with Crippen LogP contribution in [0.3, 0.4) is 0 Å². The molecule has 7 heteroatoms. The summed E-state index contributed by atoms with van der Waals surface area (Å²) in [5, 5.41) is 8.67. The Bertz CT molecular complexity index is 691. The van der Waals surface area contributed by atoms with E-state index in [-0.39, 0.29) is 29.7 Å². The minimum atomic E-state index is -0.150. The van der Waals surface area contributed by atoms with Crippen LogP contribution in [-0.2, 0) is 14.4 Å². The van der Waals surface area contributed by atoms with Crippen molar-refractivity contribution in [3.05, 3.63) is 24.3 Å². The molecule has 0 spiro atoms. The fourth-order valence-electron chi connectivity index (χ4n) is 3.69. The average Bonchev–Trinajstić information content (AvgIpc) is 2.81. The number of carbonyl (C=O) groups is 3. The highest BCUT2D eigenvalue weighted by Crippen LogP contribution is 2.22. The number of hydrogen-bond acceptors (Lipinski definition) is 4. The van der Waals surface area contributed by atoms with Gasteiger partial charge in [-0.25, -0.2) is 0 Å². The van der Waals surface area contributed by atoms with Crippen molar-refractivity contribution >= 4 is 29.1 Å². The predicted octanol–water partition coefficient (Wildman–Crippen LogP) is 1.57. The van der Waals surface area contributed by atoms with E-state index in [9.17, 15) is 14.4 Å². The van der Waals surface area contributed by atoms with Crippen LogP contribution in [0.5, 0.6) is 0 Å². The van der Waals surface area contributed by atoms with E-state index in [1.807, 2.05) is 0 Å². The van der Waals surface area contributed by atoms with E-state index in [1.54, 1.807) is 24.3 Å². The van der Waals surface area contributed by atoms with Gasteiger partial charge in [-0.15, -0.1) is 0 Å². The van der Waals surface area contributed by atoms with Gasteiger partial charge >= 0.3 is 0 Å². The molecule has 2 atom stereocenters. The molecule has 2 bridgehead atoms. The van der Waals surface area contributed by atoms with Crippen molar-refractivity contribution in [2.24, 2.45) is 5.92 Å². The third kappa shape index (κ3) is 5.05. The largest absolute Gasteiger partial charge is 0.352 e. The Morgan fingerprint density at radius 1 is 1.19 bits per heavy atom. The summed E-state index contributed by atoms with van der Waals surface area (Å²) in [7, 11) is 0. The number of amides is 3. The molecule has 0 aliphatic carbocycles. The van der Waals surface area contributed by atoms with Crippen molar-refractivity contribution in [1.82, 2.24) is 10.2 Å². The third-order valence-corrected chi connectivity index (χ3v) is 4.90. The topological polar surface area (TPSA) is 90.5 Å². The van der Waals surface area contributed by atoms with Crippen LogP contribution in [0.25, 0.3) is 0 Å². The summed E-state index contributed by atoms with van der Waals surface area (Å²) >= 11 is 0. The summed E-state index contributed by atoms with van der Waals surface area (Å²) in [6.45, 7) is 3.63. The van der Waals surface area contributed by atoms with E-state index in [0.29, 0.717) is 24.3 Å². The van der Waals surface area contributed by atoms with Crippen LogP contribution in [0.2, 0.25) is 0 Å². The molecule has 0 aromatic heterocycles. The van der Waals surface area contributed by atoms with Gasteiger partial charge in [-0.3, -0.25) is 19.3 Å². The van der Waals surface area contributed by atoms with Gasteiger partial charge in [0.15, 0.2) is 0 Å². The van der Waals surface area contributed by atoms with E-state index in [4.69, 9.17) is 0 Å². The zero-order valence-corrected chi connectivity index (χ0v) is 15.1. The first kappa shape index (κ1) is 18.4. The molecule has 7 nitrogen and oxygen atoms in total. The molecular weight excluding hydrogens is 332 g/mol. The number of fused-ring (bicyclic) bond motifs is 3. The molecular formula is C19H26N4O3. The molecule has 2 aliphatic rings. The number of benzene rings is 1. The van der Waals surface area contributed by atoms with Crippen LogP contribution < -0.4 is 16.0 Å². The molecule has 2 heterocycles. The second kappa shape index (κ2) is 8.31. The molecule has 0 radical (unpaired) electrons. The van der Waals surface area contributed by atoms with Crippen LogP contribution in [0.4, 0.5) is 11.4 Å². The van der Waals surface area contributed by atoms with Crippen LogP contribution in [0.1, 0.15) is 32.6 Å². The second-order valence-corrected chi connectivity index (χ2v) is 7.15. The summed E-state index contributed by atoms with van der Waals surface area (Å²) in [5.74, 6) is -0.0175. The van der Waals surface area contributed by atoms with E-state index >= 15 is 0 Å². The highest BCUT2D eigenvalue weighted by atomic mass is 16.2. The van der Waals surface area contributed by atoms with Gasteiger partial charge in [0.25, 0.3) is 0 Å².